The number of anilines is 1. The fraction of sp³-hybridized carbons (Fsp3) is 0.500. The zero-order valence-corrected chi connectivity index (χ0v) is 19.0. The van der Waals surface area contributed by atoms with Gasteiger partial charge in [-0.25, -0.2) is 4.79 Å². The van der Waals surface area contributed by atoms with Gasteiger partial charge in [-0.1, -0.05) is 17.3 Å². The van der Waals surface area contributed by atoms with Crippen LogP contribution in [0.4, 0.5) is 18.9 Å². The summed E-state index contributed by atoms with van der Waals surface area (Å²) in [7, 11) is 1.69. The van der Waals surface area contributed by atoms with E-state index in [0.717, 1.165) is 48.1 Å². The van der Waals surface area contributed by atoms with Gasteiger partial charge in [0.15, 0.2) is 0 Å². The molecule has 1 saturated heterocycles. The van der Waals surface area contributed by atoms with Crippen LogP contribution in [0.1, 0.15) is 30.4 Å². The van der Waals surface area contributed by atoms with E-state index in [1.807, 2.05) is 36.9 Å². The van der Waals surface area contributed by atoms with Crippen molar-refractivity contribution in [3.8, 4) is 5.75 Å². The molecule has 1 N–H and O–H groups in total. The first-order chi connectivity index (χ1) is 15.5. The smallest absolute Gasteiger partial charge is 0.490 e. The lowest BCUT2D eigenvalue weighted by Crippen LogP contribution is -2.54. The third-order valence-electron chi connectivity index (χ3n) is 5.39. The first-order valence-electron chi connectivity index (χ1n) is 10.3. The van der Waals surface area contributed by atoms with Crippen molar-refractivity contribution in [2.24, 2.45) is 0 Å². The van der Waals surface area contributed by atoms with Crippen LogP contribution in [-0.4, -0.2) is 66.0 Å². The molecule has 0 aliphatic carbocycles. The number of para-hydroxylation sites is 2. The maximum absolute atomic E-state index is 12.7. The fourth-order valence-corrected chi connectivity index (χ4v) is 3.67. The van der Waals surface area contributed by atoms with Crippen molar-refractivity contribution in [2.45, 2.75) is 45.8 Å². The van der Waals surface area contributed by atoms with Crippen molar-refractivity contribution in [3.05, 3.63) is 41.3 Å². The molecule has 0 radical (unpaired) electrons. The lowest BCUT2D eigenvalue weighted by molar-refractivity contribution is -0.192. The second kappa shape index (κ2) is 11.1. The number of halogens is 3. The molecule has 33 heavy (non-hydrogen) atoms. The third-order valence-corrected chi connectivity index (χ3v) is 5.39. The van der Waals surface area contributed by atoms with Gasteiger partial charge < -0.3 is 24.2 Å². The number of carbonyl (C=O) groups excluding carboxylic acids is 1. The van der Waals surface area contributed by atoms with Crippen LogP contribution in [0.25, 0.3) is 0 Å². The Hall–Kier alpha value is -3.24. The summed E-state index contributed by atoms with van der Waals surface area (Å²) in [6.45, 7) is 8.26. The van der Waals surface area contributed by atoms with Crippen LogP contribution in [0.15, 0.2) is 28.8 Å². The van der Waals surface area contributed by atoms with Crippen LogP contribution in [-0.2, 0) is 16.0 Å². The van der Waals surface area contributed by atoms with Crippen molar-refractivity contribution in [1.82, 2.24) is 10.1 Å². The van der Waals surface area contributed by atoms with Gasteiger partial charge in [-0.05, 0) is 39.3 Å². The van der Waals surface area contributed by atoms with Crippen LogP contribution in [0, 0.1) is 13.8 Å². The number of ether oxygens (including phenoxy) is 1. The number of nitrogens with zero attached hydrogens (tertiary/aromatic N) is 3. The van der Waals surface area contributed by atoms with Crippen molar-refractivity contribution >= 4 is 17.6 Å². The van der Waals surface area contributed by atoms with Gasteiger partial charge in [-0.3, -0.25) is 4.79 Å². The van der Waals surface area contributed by atoms with Gasteiger partial charge in [0.25, 0.3) is 0 Å². The van der Waals surface area contributed by atoms with Gasteiger partial charge in [0.1, 0.15) is 11.5 Å². The van der Waals surface area contributed by atoms with E-state index < -0.39 is 12.1 Å². The Labute approximate surface area is 189 Å². The number of aryl methyl sites for hydroxylation is 2. The predicted octanol–water partition coefficient (Wildman–Crippen LogP) is 3.60. The molecule has 0 spiro atoms. The minimum Gasteiger partial charge on any atom is -0.495 e. The average Bonchev–Trinajstić information content (AvgIpc) is 3.08. The molecular formula is C22H28F3N3O5. The van der Waals surface area contributed by atoms with E-state index in [1.165, 1.54) is 0 Å². The standard InChI is InChI=1S/C20H27N3O3.C2HF3O2/c1-14-13-22(18-7-5-6-8-19(18)25-4)11-12-23(14)20(24)10-9-17-15(2)21-26-16(17)3;3-2(4,5)1(6)7/h5-8,14H,9-13H2,1-4H3;(H,6,7). The number of amides is 1. The first-order valence-corrected chi connectivity index (χ1v) is 10.3. The van der Waals surface area contributed by atoms with E-state index in [2.05, 4.69) is 23.0 Å². The van der Waals surface area contributed by atoms with E-state index in [9.17, 15) is 18.0 Å². The fourth-order valence-electron chi connectivity index (χ4n) is 3.67. The SMILES string of the molecule is COc1ccccc1N1CCN(C(=O)CCc2c(C)noc2C)C(C)C1.O=C(O)C(F)(F)F. The van der Waals surface area contributed by atoms with Crippen molar-refractivity contribution in [3.63, 3.8) is 0 Å². The number of aliphatic carboxylic acids is 1. The largest absolute Gasteiger partial charge is 0.495 e. The normalized spacial score (nSPS) is 16.2. The molecule has 2 aromatic rings. The summed E-state index contributed by atoms with van der Waals surface area (Å²) in [5.74, 6) is -0.882. The molecule has 182 valence electrons. The Morgan fingerprint density at radius 1 is 1.24 bits per heavy atom. The number of rotatable bonds is 5. The number of carboxylic acid groups (broad SMARTS) is 1. The Balaban J connectivity index is 0.000000479. The first kappa shape index (κ1) is 26.0. The molecule has 1 amide bonds. The maximum atomic E-state index is 12.7. The molecule has 1 aromatic heterocycles. The van der Waals surface area contributed by atoms with Crippen molar-refractivity contribution in [2.75, 3.05) is 31.6 Å². The number of aromatic nitrogens is 1. The van der Waals surface area contributed by atoms with Crippen LogP contribution >= 0.6 is 0 Å². The molecule has 1 aliphatic heterocycles. The summed E-state index contributed by atoms with van der Waals surface area (Å²) in [6, 6.07) is 8.19. The third kappa shape index (κ3) is 6.87. The van der Waals surface area contributed by atoms with E-state index in [1.54, 1.807) is 7.11 Å². The quantitative estimate of drug-likeness (QED) is 0.712. The number of hydrogen-bond acceptors (Lipinski definition) is 6. The average molecular weight is 471 g/mol. The zero-order chi connectivity index (χ0) is 24.8. The number of carbonyl (C=O) groups is 2. The van der Waals surface area contributed by atoms with Crippen molar-refractivity contribution < 1.29 is 37.1 Å². The zero-order valence-electron chi connectivity index (χ0n) is 19.0. The van der Waals surface area contributed by atoms with E-state index in [-0.39, 0.29) is 11.9 Å². The number of carboxylic acids is 1. The van der Waals surface area contributed by atoms with Gasteiger partial charge in [-0.2, -0.15) is 13.2 Å². The second-order valence-electron chi connectivity index (χ2n) is 7.66. The summed E-state index contributed by atoms with van der Waals surface area (Å²) in [5.41, 5.74) is 3.02. The summed E-state index contributed by atoms with van der Waals surface area (Å²) < 4.78 is 42.4. The minimum absolute atomic E-state index is 0.158. The molecule has 1 fully saturated rings. The molecule has 0 bridgehead atoms. The highest BCUT2D eigenvalue weighted by Gasteiger charge is 2.38. The van der Waals surface area contributed by atoms with Crippen LogP contribution < -0.4 is 9.64 Å². The summed E-state index contributed by atoms with van der Waals surface area (Å²) in [4.78, 5) is 25.9. The molecule has 8 nitrogen and oxygen atoms in total. The number of hydrogen-bond donors (Lipinski definition) is 1. The Morgan fingerprint density at radius 2 is 1.88 bits per heavy atom. The number of benzene rings is 1. The monoisotopic (exact) mass is 471 g/mol. The number of methoxy groups -OCH3 is 1. The van der Waals surface area contributed by atoms with E-state index >= 15 is 0 Å². The molecule has 1 aromatic carbocycles. The van der Waals surface area contributed by atoms with Crippen LogP contribution in [0.3, 0.4) is 0 Å². The molecule has 2 heterocycles. The topological polar surface area (TPSA) is 96.1 Å². The Kier molecular flexibility index (Phi) is 8.72. The Bertz CT molecular complexity index is 941. The van der Waals surface area contributed by atoms with E-state index in [0.29, 0.717) is 12.8 Å². The highest BCUT2D eigenvalue weighted by molar-refractivity contribution is 5.77. The predicted molar refractivity (Wildman–Crippen MR) is 114 cm³/mol. The highest BCUT2D eigenvalue weighted by Crippen LogP contribution is 2.29. The Morgan fingerprint density at radius 3 is 2.39 bits per heavy atom. The van der Waals surface area contributed by atoms with Gasteiger partial charge in [-0.15, -0.1) is 0 Å². The lowest BCUT2D eigenvalue weighted by atomic mass is 10.1. The minimum atomic E-state index is -5.08. The number of piperazine rings is 1. The molecule has 1 aliphatic rings. The number of alkyl halides is 3. The molecule has 1 atom stereocenters. The van der Waals surface area contributed by atoms with Crippen LogP contribution in [0.2, 0.25) is 0 Å². The van der Waals surface area contributed by atoms with Gasteiger partial charge in [0.05, 0.1) is 18.5 Å². The molecule has 3 rings (SSSR count). The van der Waals surface area contributed by atoms with Gasteiger partial charge >= 0.3 is 12.1 Å². The summed E-state index contributed by atoms with van der Waals surface area (Å²) in [5, 5.41) is 11.1. The van der Waals surface area contributed by atoms with Gasteiger partial charge in [0.2, 0.25) is 5.91 Å². The lowest BCUT2D eigenvalue weighted by Gasteiger charge is -2.41. The summed E-state index contributed by atoms with van der Waals surface area (Å²) >= 11 is 0. The van der Waals surface area contributed by atoms with E-state index in [4.69, 9.17) is 19.2 Å². The maximum Gasteiger partial charge on any atom is 0.490 e. The molecule has 11 heteroatoms. The van der Waals surface area contributed by atoms with Crippen LogP contribution in [0.5, 0.6) is 5.75 Å². The highest BCUT2D eigenvalue weighted by atomic mass is 19.4. The summed E-state index contributed by atoms with van der Waals surface area (Å²) in [6.07, 6.45) is -3.92. The second-order valence-corrected chi connectivity index (χ2v) is 7.66. The molecule has 0 saturated carbocycles. The van der Waals surface area contributed by atoms with Gasteiger partial charge in [0, 0.05) is 37.7 Å². The molecule has 1 unspecified atom stereocenters. The molecular weight excluding hydrogens is 443 g/mol. The van der Waals surface area contributed by atoms with Crippen molar-refractivity contribution in [1.29, 1.82) is 0 Å².